The van der Waals surface area contributed by atoms with Crippen LogP contribution >= 0.6 is 11.3 Å². The number of fused-ring (bicyclic) bond motifs is 1. The van der Waals surface area contributed by atoms with Crippen LogP contribution < -0.4 is 4.90 Å². The summed E-state index contributed by atoms with van der Waals surface area (Å²) in [5.74, 6) is -0.163. The Morgan fingerprint density at radius 1 is 1.13 bits per heavy atom. The summed E-state index contributed by atoms with van der Waals surface area (Å²) in [6.07, 6.45) is 1.04. The molecule has 0 saturated carbocycles. The number of benzene rings is 2. The summed E-state index contributed by atoms with van der Waals surface area (Å²) in [4.78, 5) is 20.1. The fourth-order valence-electron chi connectivity index (χ4n) is 3.83. The van der Waals surface area contributed by atoms with Crippen molar-refractivity contribution in [1.29, 1.82) is 0 Å². The molecule has 30 heavy (non-hydrogen) atoms. The molecule has 0 radical (unpaired) electrons. The number of rotatable bonds is 5. The van der Waals surface area contributed by atoms with Gasteiger partial charge in [-0.2, -0.15) is 0 Å². The van der Waals surface area contributed by atoms with Crippen LogP contribution in [0.25, 0.3) is 10.2 Å². The average molecular weight is 444 g/mol. The van der Waals surface area contributed by atoms with Crippen LogP contribution in [-0.2, 0) is 14.8 Å². The van der Waals surface area contributed by atoms with Gasteiger partial charge in [-0.25, -0.2) is 17.7 Å². The van der Waals surface area contributed by atoms with Gasteiger partial charge in [-0.05, 0) is 50.5 Å². The Balaban J connectivity index is 1.67. The number of sulfonamides is 1. The Morgan fingerprint density at radius 3 is 2.47 bits per heavy atom. The van der Waals surface area contributed by atoms with Gasteiger partial charge in [0.1, 0.15) is 0 Å². The molecule has 0 atom stereocenters. The number of hydrogen-bond donors (Lipinski definition) is 0. The lowest BCUT2D eigenvalue weighted by Crippen LogP contribution is -2.44. The smallest absolute Gasteiger partial charge is 0.236 e. The van der Waals surface area contributed by atoms with Crippen LogP contribution in [0.15, 0.2) is 48.5 Å². The molecular formula is C22H25N3O3S2. The third kappa shape index (κ3) is 3.99. The Morgan fingerprint density at radius 2 is 1.80 bits per heavy atom. The highest BCUT2D eigenvalue weighted by molar-refractivity contribution is 7.89. The number of para-hydroxylation sites is 2. The van der Waals surface area contributed by atoms with Gasteiger partial charge in [-0.15, -0.1) is 0 Å². The number of aryl methyl sites for hydroxylation is 1. The van der Waals surface area contributed by atoms with Gasteiger partial charge in [-0.3, -0.25) is 9.69 Å². The first-order valence-electron chi connectivity index (χ1n) is 10.1. The molecule has 2 heterocycles. The number of amides is 1. The Labute approximate surface area is 181 Å². The quantitative estimate of drug-likeness (QED) is 0.588. The maximum absolute atomic E-state index is 13.7. The highest BCUT2D eigenvalue weighted by Crippen LogP contribution is 2.37. The van der Waals surface area contributed by atoms with Crippen LogP contribution in [0, 0.1) is 12.8 Å². The fourth-order valence-corrected chi connectivity index (χ4v) is 5.95. The van der Waals surface area contributed by atoms with Crippen LogP contribution in [0.2, 0.25) is 0 Å². The molecule has 1 aromatic heterocycles. The van der Waals surface area contributed by atoms with Crippen molar-refractivity contribution in [2.45, 2.75) is 26.7 Å². The second-order valence-electron chi connectivity index (χ2n) is 7.50. The van der Waals surface area contributed by atoms with E-state index in [4.69, 9.17) is 4.98 Å². The van der Waals surface area contributed by atoms with Crippen molar-refractivity contribution in [2.75, 3.05) is 23.7 Å². The molecule has 0 N–H and O–H groups in total. The molecule has 1 fully saturated rings. The third-order valence-electron chi connectivity index (χ3n) is 5.61. The van der Waals surface area contributed by atoms with Crippen LogP contribution in [0.4, 0.5) is 10.8 Å². The maximum atomic E-state index is 13.7. The first-order chi connectivity index (χ1) is 14.4. The topological polar surface area (TPSA) is 70.6 Å². The molecule has 158 valence electrons. The van der Waals surface area contributed by atoms with Crippen molar-refractivity contribution in [3.63, 3.8) is 0 Å². The van der Waals surface area contributed by atoms with Gasteiger partial charge in [0, 0.05) is 19.0 Å². The van der Waals surface area contributed by atoms with Gasteiger partial charge < -0.3 is 0 Å². The predicted octanol–water partition coefficient (Wildman–Crippen LogP) is 4.33. The van der Waals surface area contributed by atoms with Gasteiger partial charge >= 0.3 is 0 Å². The van der Waals surface area contributed by atoms with E-state index in [2.05, 4.69) is 0 Å². The monoisotopic (exact) mass is 443 g/mol. The summed E-state index contributed by atoms with van der Waals surface area (Å²) in [7, 11) is -3.22. The van der Waals surface area contributed by atoms with E-state index >= 15 is 0 Å². The SMILES string of the molecule is CCS(=O)(=O)N1CCC(C(=O)N(c2nc3ccccc3s2)c2ccccc2C)CC1. The molecule has 1 amide bonds. The molecular weight excluding hydrogens is 418 g/mol. The van der Waals surface area contributed by atoms with Crippen molar-refractivity contribution < 1.29 is 13.2 Å². The van der Waals surface area contributed by atoms with Gasteiger partial charge in [0.2, 0.25) is 15.9 Å². The summed E-state index contributed by atoms with van der Waals surface area (Å²) < 4.78 is 26.9. The molecule has 8 heteroatoms. The zero-order chi connectivity index (χ0) is 21.3. The van der Waals surface area contributed by atoms with Crippen molar-refractivity contribution in [3.8, 4) is 0 Å². The van der Waals surface area contributed by atoms with E-state index in [-0.39, 0.29) is 17.6 Å². The third-order valence-corrected chi connectivity index (χ3v) is 8.52. The summed E-state index contributed by atoms with van der Waals surface area (Å²) >= 11 is 1.50. The van der Waals surface area contributed by atoms with E-state index in [0.717, 1.165) is 21.5 Å². The minimum atomic E-state index is -3.22. The number of thiazole rings is 1. The lowest BCUT2D eigenvalue weighted by molar-refractivity contribution is -0.122. The number of nitrogens with zero attached hydrogens (tertiary/aromatic N) is 3. The number of carbonyl (C=O) groups is 1. The molecule has 0 unspecified atom stereocenters. The number of hydrogen-bond acceptors (Lipinski definition) is 5. The zero-order valence-electron chi connectivity index (χ0n) is 17.1. The van der Waals surface area contributed by atoms with E-state index in [0.29, 0.717) is 31.1 Å². The molecule has 3 aromatic rings. The van der Waals surface area contributed by atoms with E-state index in [9.17, 15) is 13.2 Å². The van der Waals surface area contributed by atoms with Crippen LogP contribution in [0.5, 0.6) is 0 Å². The fraction of sp³-hybridized carbons (Fsp3) is 0.364. The Hall–Kier alpha value is -2.29. The molecule has 0 aliphatic carbocycles. The molecule has 1 aliphatic rings. The molecule has 1 aliphatic heterocycles. The number of aromatic nitrogens is 1. The summed E-state index contributed by atoms with van der Waals surface area (Å²) in [5, 5.41) is 0.652. The number of anilines is 2. The molecule has 4 rings (SSSR count). The lowest BCUT2D eigenvalue weighted by Gasteiger charge is -2.33. The van der Waals surface area contributed by atoms with Crippen molar-refractivity contribution in [2.24, 2.45) is 5.92 Å². The number of carbonyl (C=O) groups excluding carboxylic acids is 1. The van der Waals surface area contributed by atoms with Crippen molar-refractivity contribution in [3.05, 3.63) is 54.1 Å². The molecule has 0 bridgehead atoms. The van der Waals surface area contributed by atoms with Crippen LogP contribution in [0.1, 0.15) is 25.3 Å². The van der Waals surface area contributed by atoms with Crippen molar-refractivity contribution >= 4 is 48.3 Å². The zero-order valence-corrected chi connectivity index (χ0v) is 18.7. The Bertz CT molecular complexity index is 1130. The first kappa shape index (κ1) is 21.0. The average Bonchev–Trinajstić information content (AvgIpc) is 3.19. The maximum Gasteiger partial charge on any atom is 0.236 e. The van der Waals surface area contributed by atoms with Gasteiger partial charge in [-0.1, -0.05) is 41.7 Å². The highest BCUT2D eigenvalue weighted by Gasteiger charge is 2.34. The molecule has 1 saturated heterocycles. The first-order valence-corrected chi connectivity index (χ1v) is 12.6. The minimum absolute atomic E-state index is 0.0168. The number of piperidine rings is 1. The normalized spacial score (nSPS) is 16.1. The van der Waals surface area contributed by atoms with E-state index in [1.807, 2.05) is 55.5 Å². The molecule has 0 spiro atoms. The summed E-state index contributed by atoms with van der Waals surface area (Å²) in [6.45, 7) is 4.40. The summed E-state index contributed by atoms with van der Waals surface area (Å²) in [5.41, 5.74) is 2.69. The second kappa shape index (κ2) is 8.45. The van der Waals surface area contributed by atoms with Gasteiger partial charge in [0.15, 0.2) is 5.13 Å². The van der Waals surface area contributed by atoms with Crippen LogP contribution in [0.3, 0.4) is 0 Å². The van der Waals surface area contributed by atoms with E-state index in [1.54, 1.807) is 11.8 Å². The molecule has 2 aromatic carbocycles. The Kier molecular flexibility index (Phi) is 5.90. The predicted molar refractivity (Wildman–Crippen MR) is 122 cm³/mol. The van der Waals surface area contributed by atoms with E-state index in [1.165, 1.54) is 15.6 Å². The molecule has 6 nitrogen and oxygen atoms in total. The lowest BCUT2D eigenvalue weighted by atomic mass is 9.96. The van der Waals surface area contributed by atoms with E-state index < -0.39 is 10.0 Å². The second-order valence-corrected chi connectivity index (χ2v) is 10.8. The van der Waals surface area contributed by atoms with Crippen molar-refractivity contribution in [1.82, 2.24) is 9.29 Å². The summed E-state index contributed by atoms with van der Waals surface area (Å²) in [6, 6.07) is 15.7. The van der Waals surface area contributed by atoms with Gasteiger partial charge in [0.05, 0.1) is 21.7 Å². The van der Waals surface area contributed by atoms with Crippen LogP contribution in [-0.4, -0.2) is 42.5 Å². The standard InChI is InChI=1S/C22H25N3O3S2/c1-3-30(27,28)24-14-12-17(13-15-24)21(26)25(19-10-6-4-8-16(19)2)22-23-18-9-5-7-11-20(18)29-22/h4-11,17H,3,12-15H2,1-2H3. The largest absolute Gasteiger partial charge is 0.274 e. The van der Waals surface area contributed by atoms with Gasteiger partial charge in [0.25, 0.3) is 0 Å². The highest BCUT2D eigenvalue weighted by atomic mass is 32.2. The minimum Gasteiger partial charge on any atom is -0.274 e.